The van der Waals surface area contributed by atoms with Gasteiger partial charge in [0.25, 0.3) is 5.91 Å². The summed E-state index contributed by atoms with van der Waals surface area (Å²) in [7, 11) is 1.07. The van der Waals surface area contributed by atoms with E-state index in [0.717, 1.165) is 18.4 Å². The zero-order chi connectivity index (χ0) is 13.1. The van der Waals surface area contributed by atoms with E-state index >= 15 is 0 Å². The van der Waals surface area contributed by atoms with Crippen molar-refractivity contribution in [1.29, 1.82) is 0 Å². The summed E-state index contributed by atoms with van der Waals surface area (Å²) < 4.78 is 36.2. The van der Waals surface area contributed by atoms with Gasteiger partial charge in [-0.3, -0.25) is 4.79 Å². The van der Waals surface area contributed by atoms with Gasteiger partial charge in [0, 0.05) is 13.6 Å². The predicted octanol–water partition coefficient (Wildman–Crippen LogP) is 1.60. The van der Waals surface area contributed by atoms with Gasteiger partial charge >= 0.3 is 6.18 Å². The normalized spacial score (nSPS) is 11.4. The number of halogens is 3. The lowest BCUT2D eigenvalue weighted by Gasteiger charge is -2.16. The average molecular weight is 268 g/mol. The Hall–Kier alpha value is -1.38. The zero-order valence-electron chi connectivity index (χ0n) is 9.21. The van der Waals surface area contributed by atoms with Crippen LogP contribution in [0.3, 0.4) is 0 Å². The van der Waals surface area contributed by atoms with E-state index in [0.29, 0.717) is 16.6 Å². The molecular formula is C8H11F3N4OS. The zero-order valence-corrected chi connectivity index (χ0v) is 10.0. The smallest absolute Gasteiger partial charge is 0.360 e. The van der Waals surface area contributed by atoms with Crippen molar-refractivity contribution in [3.05, 3.63) is 5.01 Å². The Labute approximate surface area is 99.6 Å². The molecule has 0 aromatic carbocycles. The molecule has 1 heterocycles. The minimum Gasteiger partial charge on any atom is -0.360 e. The minimum absolute atomic E-state index is 0.0623. The Kier molecular flexibility index (Phi) is 4.27. The van der Waals surface area contributed by atoms with Crippen molar-refractivity contribution in [3.63, 3.8) is 0 Å². The monoisotopic (exact) mass is 268 g/mol. The van der Waals surface area contributed by atoms with E-state index in [1.165, 1.54) is 0 Å². The third-order valence-corrected chi connectivity index (χ3v) is 2.57. The molecule has 1 rings (SSSR count). The Morgan fingerprint density at radius 3 is 2.65 bits per heavy atom. The third-order valence-electron chi connectivity index (χ3n) is 1.70. The number of nitrogens with zero attached hydrogens (tertiary/aromatic N) is 3. The first-order valence-corrected chi connectivity index (χ1v) is 5.54. The molecule has 0 aliphatic carbocycles. The standard InChI is InChI=1S/C8H11F3N4OS/c1-3-12-7-14-13-5(17-7)6(16)15(2)4-8(9,10)11/h3-4H2,1-2H3,(H,12,14). The van der Waals surface area contributed by atoms with Crippen LogP contribution in [-0.2, 0) is 0 Å². The van der Waals surface area contributed by atoms with Gasteiger partial charge in [0.1, 0.15) is 6.54 Å². The van der Waals surface area contributed by atoms with Crippen LogP contribution in [0.15, 0.2) is 0 Å². The first kappa shape index (κ1) is 13.7. The predicted molar refractivity (Wildman–Crippen MR) is 57.1 cm³/mol. The maximum absolute atomic E-state index is 12.1. The maximum atomic E-state index is 12.1. The van der Waals surface area contributed by atoms with Crippen molar-refractivity contribution in [2.45, 2.75) is 13.1 Å². The molecule has 96 valence electrons. The number of aromatic nitrogens is 2. The fourth-order valence-corrected chi connectivity index (χ4v) is 1.84. The van der Waals surface area contributed by atoms with Gasteiger partial charge in [-0.05, 0) is 6.92 Å². The molecule has 0 spiro atoms. The molecule has 0 unspecified atom stereocenters. The van der Waals surface area contributed by atoms with Gasteiger partial charge in [-0.1, -0.05) is 11.3 Å². The van der Waals surface area contributed by atoms with Crippen LogP contribution in [0.2, 0.25) is 0 Å². The summed E-state index contributed by atoms with van der Waals surface area (Å²) in [5.41, 5.74) is 0. The Balaban J connectivity index is 2.68. The summed E-state index contributed by atoms with van der Waals surface area (Å²) in [4.78, 5) is 12.1. The van der Waals surface area contributed by atoms with Gasteiger partial charge < -0.3 is 10.2 Å². The summed E-state index contributed by atoms with van der Waals surface area (Å²) in [5.74, 6) is -0.788. The van der Waals surface area contributed by atoms with Gasteiger partial charge in [-0.15, -0.1) is 10.2 Å². The Bertz CT molecular complexity index is 392. The maximum Gasteiger partial charge on any atom is 0.406 e. The van der Waals surface area contributed by atoms with Crippen molar-refractivity contribution in [2.75, 3.05) is 25.5 Å². The number of amides is 1. The quantitative estimate of drug-likeness (QED) is 0.901. The van der Waals surface area contributed by atoms with Crippen molar-refractivity contribution >= 4 is 22.4 Å². The summed E-state index contributed by atoms with van der Waals surface area (Å²) in [6.45, 7) is 1.13. The molecule has 1 aromatic rings. The summed E-state index contributed by atoms with van der Waals surface area (Å²) in [5, 5.41) is 10.3. The van der Waals surface area contributed by atoms with Crippen molar-refractivity contribution in [2.24, 2.45) is 0 Å². The molecule has 0 radical (unpaired) electrons. The molecule has 0 aliphatic rings. The van der Waals surface area contributed by atoms with Crippen LogP contribution in [0.4, 0.5) is 18.3 Å². The molecule has 0 saturated heterocycles. The topological polar surface area (TPSA) is 58.1 Å². The van der Waals surface area contributed by atoms with Gasteiger partial charge in [-0.25, -0.2) is 0 Å². The second-order valence-electron chi connectivity index (χ2n) is 3.22. The molecule has 9 heteroatoms. The second kappa shape index (κ2) is 5.30. The molecule has 5 nitrogen and oxygen atoms in total. The van der Waals surface area contributed by atoms with Crippen LogP contribution in [0.25, 0.3) is 0 Å². The van der Waals surface area contributed by atoms with Crippen LogP contribution in [0.1, 0.15) is 16.7 Å². The van der Waals surface area contributed by atoms with Crippen molar-refractivity contribution in [3.8, 4) is 0 Å². The fraction of sp³-hybridized carbons (Fsp3) is 0.625. The Morgan fingerprint density at radius 1 is 1.47 bits per heavy atom. The van der Waals surface area contributed by atoms with Crippen LogP contribution in [0, 0.1) is 0 Å². The molecular weight excluding hydrogens is 257 g/mol. The highest BCUT2D eigenvalue weighted by Crippen LogP contribution is 2.19. The highest BCUT2D eigenvalue weighted by atomic mass is 32.1. The number of hydrogen-bond donors (Lipinski definition) is 1. The van der Waals surface area contributed by atoms with Crippen molar-refractivity contribution in [1.82, 2.24) is 15.1 Å². The van der Waals surface area contributed by atoms with E-state index in [-0.39, 0.29) is 5.01 Å². The molecule has 1 N–H and O–H groups in total. The van der Waals surface area contributed by atoms with Crippen LogP contribution < -0.4 is 5.32 Å². The lowest BCUT2D eigenvalue weighted by molar-refractivity contribution is -0.138. The van der Waals surface area contributed by atoms with Gasteiger partial charge in [0.15, 0.2) is 0 Å². The lowest BCUT2D eigenvalue weighted by Crippen LogP contribution is -2.35. The van der Waals surface area contributed by atoms with E-state index in [1.807, 2.05) is 6.92 Å². The molecule has 17 heavy (non-hydrogen) atoms. The molecule has 0 atom stereocenters. The van der Waals surface area contributed by atoms with E-state index in [4.69, 9.17) is 0 Å². The highest BCUT2D eigenvalue weighted by Gasteiger charge is 2.32. The van der Waals surface area contributed by atoms with Crippen LogP contribution in [0.5, 0.6) is 0 Å². The Morgan fingerprint density at radius 2 is 2.12 bits per heavy atom. The van der Waals surface area contributed by atoms with E-state index in [1.54, 1.807) is 0 Å². The highest BCUT2D eigenvalue weighted by molar-refractivity contribution is 7.17. The van der Waals surface area contributed by atoms with Gasteiger partial charge in [-0.2, -0.15) is 13.2 Å². The largest absolute Gasteiger partial charge is 0.406 e. The summed E-state index contributed by atoms with van der Waals surface area (Å²) in [6, 6.07) is 0. The molecule has 0 fully saturated rings. The van der Waals surface area contributed by atoms with Gasteiger partial charge in [0.2, 0.25) is 10.1 Å². The number of carbonyl (C=O) groups excluding carboxylic acids is 1. The average Bonchev–Trinajstić information content (AvgIpc) is 2.63. The first-order valence-electron chi connectivity index (χ1n) is 4.73. The molecule has 0 saturated carbocycles. The summed E-state index contributed by atoms with van der Waals surface area (Å²) >= 11 is 0.928. The first-order chi connectivity index (χ1) is 7.83. The number of alkyl halides is 3. The third kappa shape index (κ3) is 4.17. The fourth-order valence-electron chi connectivity index (χ4n) is 1.04. The van der Waals surface area contributed by atoms with Gasteiger partial charge in [0.05, 0.1) is 0 Å². The second-order valence-corrected chi connectivity index (χ2v) is 4.20. The number of hydrogen-bond acceptors (Lipinski definition) is 5. The van der Waals surface area contributed by atoms with E-state index < -0.39 is 18.6 Å². The number of rotatable bonds is 4. The van der Waals surface area contributed by atoms with E-state index in [2.05, 4.69) is 15.5 Å². The molecule has 0 bridgehead atoms. The summed E-state index contributed by atoms with van der Waals surface area (Å²) in [6.07, 6.45) is -4.42. The van der Waals surface area contributed by atoms with Crippen LogP contribution >= 0.6 is 11.3 Å². The molecule has 1 amide bonds. The lowest BCUT2D eigenvalue weighted by atomic mass is 10.5. The number of anilines is 1. The van der Waals surface area contributed by atoms with E-state index in [9.17, 15) is 18.0 Å². The van der Waals surface area contributed by atoms with Crippen LogP contribution in [-0.4, -0.2) is 47.3 Å². The SMILES string of the molecule is CCNc1nnc(C(=O)N(C)CC(F)(F)F)s1. The number of carbonyl (C=O) groups is 1. The van der Waals surface area contributed by atoms with Crippen molar-refractivity contribution < 1.29 is 18.0 Å². The minimum atomic E-state index is -4.42. The molecule has 1 aromatic heterocycles. The number of nitrogens with one attached hydrogen (secondary N) is 1. The molecule has 0 aliphatic heterocycles.